The van der Waals surface area contributed by atoms with Crippen LogP contribution in [-0.2, 0) is 0 Å². The van der Waals surface area contributed by atoms with Crippen molar-refractivity contribution in [1.29, 1.82) is 0 Å². The molecular weight excluding hydrogens is 179 g/mol. The van der Waals surface area contributed by atoms with E-state index in [4.69, 9.17) is 0 Å². The highest BCUT2D eigenvalue weighted by molar-refractivity contribution is 5.57. The van der Waals surface area contributed by atoms with E-state index in [-0.39, 0.29) is 5.82 Å². The first kappa shape index (κ1) is 9.06. The number of benzene rings is 1. The highest BCUT2D eigenvalue weighted by atomic mass is 19.1. The summed E-state index contributed by atoms with van der Waals surface area (Å²) in [5.41, 5.74) is 1.66. The van der Waals surface area contributed by atoms with Crippen LogP contribution in [0.3, 0.4) is 0 Å². The predicted molar refractivity (Wildman–Crippen MR) is 55.1 cm³/mol. The van der Waals surface area contributed by atoms with Gasteiger partial charge in [-0.05, 0) is 30.7 Å². The molecule has 0 fully saturated rings. The second kappa shape index (κ2) is 3.33. The summed E-state index contributed by atoms with van der Waals surface area (Å²) in [4.78, 5) is 4.07. The lowest BCUT2D eigenvalue weighted by Crippen LogP contribution is -2.22. The Bertz CT molecular complexity index is 374. The lowest BCUT2D eigenvalue weighted by Gasteiger charge is -2.20. The highest BCUT2D eigenvalue weighted by Gasteiger charge is 2.12. The number of nitrogens with zero attached hydrogens (tertiary/aromatic N) is 2. The molecule has 0 unspecified atom stereocenters. The second-order valence-electron chi connectivity index (χ2n) is 3.44. The lowest BCUT2D eigenvalue weighted by atomic mass is 10.2. The molecule has 1 heterocycles. The Morgan fingerprint density at radius 2 is 2.14 bits per heavy atom. The van der Waals surface area contributed by atoms with Crippen LogP contribution in [0.1, 0.15) is 5.56 Å². The number of hydrogen-bond donors (Lipinski definition) is 0. The van der Waals surface area contributed by atoms with Gasteiger partial charge in [-0.1, -0.05) is 0 Å². The third kappa shape index (κ3) is 1.58. The van der Waals surface area contributed by atoms with Crippen LogP contribution >= 0.6 is 0 Å². The summed E-state index contributed by atoms with van der Waals surface area (Å²) in [6.45, 7) is 4.60. The quantitative estimate of drug-likeness (QED) is 0.671. The first-order valence-electron chi connectivity index (χ1n) is 4.43. The van der Waals surface area contributed by atoms with E-state index in [1.54, 1.807) is 6.07 Å². The molecule has 0 bridgehead atoms. The van der Waals surface area contributed by atoms with Crippen molar-refractivity contribution in [3.05, 3.63) is 48.9 Å². The zero-order valence-electron chi connectivity index (χ0n) is 8.07. The fourth-order valence-electron chi connectivity index (χ4n) is 1.52. The maximum Gasteiger partial charge on any atom is 0.123 e. The van der Waals surface area contributed by atoms with E-state index >= 15 is 0 Å². The van der Waals surface area contributed by atoms with Crippen LogP contribution in [0, 0.1) is 12.7 Å². The molecule has 0 atom stereocenters. The van der Waals surface area contributed by atoms with E-state index in [0.717, 1.165) is 12.4 Å². The third-order valence-corrected chi connectivity index (χ3v) is 2.23. The van der Waals surface area contributed by atoms with Gasteiger partial charge < -0.3 is 9.80 Å². The molecule has 0 saturated heterocycles. The van der Waals surface area contributed by atoms with E-state index in [1.165, 1.54) is 12.1 Å². The number of hydrogen-bond acceptors (Lipinski definition) is 2. The van der Waals surface area contributed by atoms with Gasteiger partial charge in [0.2, 0.25) is 0 Å². The number of halogens is 1. The van der Waals surface area contributed by atoms with Gasteiger partial charge in [0, 0.05) is 25.1 Å². The molecule has 0 spiro atoms. The molecule has 1 aliphatic rings. The summed E-state index contributed by atoms with van der Waals surface area (Å²) in [5, 5.41) is 0. The monoisotopic (exact) mass is 191 g/mol. The Morgan fingerprint density at radius 1 is 1.36 bits per heavy atom. The van der Waals surface area contributed by atoms with Crippen LogP contribution in [-0.4, -0.2) is 18.6 Å². The van der Waals surface area contributed by atoms with E-state index in [0.29, 0.717) is 5.56 Å². The van der Waals surface area contributed by atoms with Gasteiger partial charge in [0.15, 0.2) is 0 Å². The van der Waals surface area contributed by atoms with E-state index in [1.807, 2.05) is 29.2 Å². The van der Waals surface area contributed by atoms with Gasteiger partial charge in [0.1, 0.15) is 5.82 Å². The molecular formula is C11H12FN2. The summed E-state index contributed by atoms with van der Waals surface area (Å²) in [6.07, 6.45) is 3.94. The van der Waals surface area contributed by atoms with Crippen molar-refractivity contribution < 1.29 is 4.39 Å². The molecule has 2 nitrogen and oxygen atoms in total. The van der Waals surface area contributed by atoms with Crippen LogP contribution in [0.2, 0.25) is 0 Å². The summed E-state index contributed by atoms with van der Waals surface area (Å²) >= 11 is 0. The van der Waals surface area contributed by atoms with Gasteiger partial charge in [0.25, 0.3) is 0 Å². The second-order valence-corrected chi connectivity index (χ2v) is 3.44. The zero-order chi connectivity index (χ0) is 10.1. The van der Waals surface area contributed by atoms with Crippen molar-refractivity contribution in [2.24, 2.45) is 0 Å². The van der Waals surface area contributed by atoms with Crippen molar-refractivity contribution in [2.45, 2.75) is 0 Å². The van der Waals surface area contributed by atoms with E-state index in [2.05, 4.69) is 6.92 Å². The minimum Gasteiger partial charge on any atom is -0.361 e. The molecule has 0 amide bonds. The summed E-state index contributed by atoms with van der Waals surface area (Å²) in [7, 11) is 1.99. The maximum absolute atomic E-state index is 12.8. The van der Waals surface area contributed by atoms with Crippen molar-refractivity contribution in [2.75, 3.05) is 18.6 Å². The molecule has 2 rings (SSSR count). The van der Waals surface area contributed by atoms with Crippen molar-refractivity contribution in [3.8, 4) is 0 Å². The summed E-state index contributed by atoms with van der Waals surface area (Å²) in [6, 6.07) is 4.65. The van der Waals surface area contributed by atoms with Crippen LogP contribution in [0.25, 0.3) is 0 Å². The Balaban J connectivity index is 2.29. The predicted octanol–water partition coefficient (Wildman–Crippen LogP) is 2.19. The summed E-state index contributed by atoms with van der Waals surface area (Å²) < 4.78 is 12.8. The number of anilines is 1. The van der Waals surface area contributed by atoms with Gasteiger partial charge >= 0.3 is 0 Å². The van der Waals surface area contributed by atoms with E-state index < -0.39 is 0 Å². The van der Waals surface area contributed by atoms with Crippen LogP contribution < -0.4 is 4.90 Å². The smallest absolute Gasteiger partial charge is 0.123 e. The molecule has 3 heteroatoms. The molecule has 0 saturated carbocycles. The normalized spacial score (nSPS) is 15.4. The average Bonchev–Trinajstić information content (AvgIpc) is 2.51. The Labute approximate surface area is 83.2 Å². The van der Waals surface area contributed by atoms with Gasteiger partial charge in [-0.15, -0.1) is 0 Å². The zero-order valence-corrected chi connectivity index (χ0v) is 8.07. The molecule has 0 aliphatic carbocycles. The Kier molecular flexibility index (Phi) is 2.15. The summed E-state index contributed by atoms with van der Waals surface area (Å²) in [5.74, 6) is -0.240. The van der Waals surface area contributed by atoms with Gasteiger partial charge in [-0.2, -0.15) is 0 Å². The molecule has 14 heavy (non-hydrogen) atoms. The van der Waals surface area contributed by atoms with Gasteiger partial charge in [-0.25, -0.2) is 4.39 Å². The van der Waals surface area contributed by atoms with Crippen molar-refractivity contribution in [3.63, 3.8) is 0 Å². The molecule has 1 aromatic rings. The Morgan fingerprint density at radius 3 is 2.71 bits per heavy atom. The molecule has 1 aromatic carbocycles. The van der Waals surface area contributed by atoms with Crippen LogP contribution in [0.5, 0.6) is 0 Å². The fourth-order valence-corrected chi connectivity index (χ4v) is 1.52. The lowest BCUT2D eigenvalue weighted by molar-refractivity contribution is 0.495. The Hall–Kier alpha value is -1.51. The molecule has 73 valence electrons. The van der Waals surface area contributed by atoms with Crippen LogP contribution in [0.4, 0.5) is 10.1 Å². The largest absolute Gasteiger partial charge is 0.361 e. The third-order valence-electron chi connectivity index (χ3n) is 2.23. The SMILES string of the molecule is [CH2]c1cc(F)ccc1N1C=CN(C)C1. The first-order valence-corrected chi connectivity index (χ1v) is 4.43. The maximum atomic E-state index is 12.8. The van der Waals surface area contributed by atoms with Crippen molar-refractivity contribution >= 4 is 5.69 Å². The van der Waals surface area contributed by atoms with E-state index in [9.17, 15) is 4.39 Å². The standard InChI is InChI=1S/C11H12FN2/c1-9-7-10(12)3-4-11(9)14-6-5-13(2)8-14/h3-7H,1,8H2,2H3. The minimum atomic E-state index is -0.240. The highest BCUT2D eigenvalue weighted by Crippen LogP contribution is 2.23. The number of rotatable bonds is 1. The van der Waals surface area contributed by atoms with Crippen molar-refractivity contribution in [1.82, 2.24) is 4.90 Å². The molecule has 0 aromatic heterocycles. The average molecular weight is 191 g/mol. The molecule has 1 radical (unpaired) electrons. The van der Waals surface area contributed by atoms with Gasteiger partial charge in [-0.3, -0.25) is 0 Å². The van der Waals surface area contributed by atoms with Gasteiger partial charge in [0.05, 0.1) is 6.67 Å². The molecule has 1 aliphatic heterocycles. The van der Waals surface area contributed by atoms with Crippen LogP contribution in [0.15, 0.2) is 30.6 Å². The first-order chi connectivity index (χ1) is 6.66. The molecule has 0 N–H and O–H groups in total. The topological polar surface area (TPSA) is 6.48 Å². The minimum absolute atomic E-state index is 0.240. The fraction of sp³-hybridized carbons (Fsp3) is 0.182.